The molecule has 0 fully saturated rings. The molecular weight excluding hydrogens is 255 g/mol. The molecule has 0 bridgehead atoms. The van der Waals surface area contributed by atoms with Crippen LogP contribution < -0.4 is 0 Å². The summed E-state index contributed by atoms with van der Waals surface area (Å²) in [7, 11) is 0. The highest BCUT2D eigenvalue weighted by atomic mass is 35.5. The first-order chi connectivity index (χ1) is 8.16. The molecule has 0 heterocycles. The van der Waals surface area contributed by atoms with Crippen LogP contribution in [-0.4, -0.2) is 5.11 Å². The van der Waals surface area contributed by atoms with E-state index in [0.29, 0.717) is 10.0 Å². The zero-order valence-electron chi connectivity index (χ0n) is 9.83. The van der Waals surface area contributed by atoms with Crippen LogP contribution in [0.25, 0.3) is 0 Å². The van der Waals surface area contributed by atoms with E-state index in [1.54, 1.807) is 6.07 Å². The van der Waals surface area contributed by atoms with Crippen molar-refractivity contribution in [3.63, 3.8) is 0 Å². The van der Waals surface area contributed by atoms with Crippen molar-refractivity contribution >= 4 is 23.2 Å². The van der Waals surface area contributed by atoms with Crippen LogP contribution in [0, 0.1) is 0 Å². The second-order valence-corrected chi connectivity index (χ2v) is 4.87. The highest BCUT2D eigenvalue weighted by molar-refractivity contribution is 6.42. The Morgan fingerprint density at radius 2 is 2.00 bits per heavy atom. The first-order valence-electron chi connectivity index (χ1n) is 5.89. The summed E-state index contributed by atoms with van der Waals surface area (Å²) in [5.74, 6) is 0. The molecule has 0 aromatic heterocycles. The van der Waals surface area contributed by atoms with E-state index in [1.165, 1.54) is 0 Å². The summed E-state index contributed by atoms with van der Waals surface area (Å²) >= 11 is 12.0. The molecule has 17 heavy (non-hydrogen) atoms. The van der Waals surface area contributed by atoms with Gasteiger partial charge >= 0.3 is 0 Å². The maximum atomic E-state index is 10.0. The van der Waals surface area contributed by atoms with E-state index in [-0.39, 0.29) is 0 Å². The van der Waals surface area contributed by atoms with Crippen LogP contribution in [0.4, 0.5) is 0 Å². The maximum absolute atomic E-state index is 10.0. The molecule has 94 valence electrons. The average molecular weight is 273 g/mol. The average Bonchev–Trinajstić information content (AvgIpc) is 2.32. The van der Waals surface area contributed by atoms with Crippen molar-refractivity contribution < 1.29 is 5.11 Å². The molecular formula is C14H18Cl2O. The zero-order chi connectivity index (χ0) is 12.7. The minimum atomic E-state index is -0.523. The van der Waals surface area contributed by atoms with Crippen molar-refractivity contribution in [2.75, 3.05) is 0 Å². The van der Waals surface area contributed by atoms with Gasteiger partial charge < -0.3 is 5.11 Å². The Morgan fingerprint density at radius 1 is 1.24 bits per heavy atom. The summed E-state index contributed by atoms with van der Waals surface area (Å²) in [5.41, 5.74) is 0.725. The van der Waals surface area contributed by atoms with Gasteiger partial charge in [-0.1, -0.05) is 54.3 Å². The van der Waals surface area contributed by atoms with Gasteiger partial charge in [-0.25, -0.2) is 0 Å². The van der Waals surface area contributed by atoms with Gasteiger partial charge in [0.05, 0.1) is 16.1 Å². The van der Waals surface area contributed by atoms with Crippen molar-refractivity contribution in [3.8, 4) is 0 Å². The van der Waals surface area contributed by atoms with Crippen molar-refractivity contribution in [1.29, 1.82) is 0 Å². The van der Waals surface area contributed by atoms with Crippen LogP contribution >= 0.6 is 23.2 Å². The lowest BCUT2D eigenvalue weighted by molar-refractivity contribution is 0.163. The van der Waals surface area contributed by atoms with E-state index < -0.39 is 6.10 Å². The monoisotopic (exact) mass is 272 g/mol. The molecule has 1 rings (SSSR count). The van der Waals surface area contributed by atoms with Crippen LogP contribution in [0.3, 0.4) is 0 Å². The van der Waals surface area contributed by atoms with Crippen molar-refractivity contribution in [2.45, 2.75) is 38.2 Å². The minimum absolute atomic E-state index is 0.466. The first-order valence-corrected chi connectivity index (χ1v) is 6.65. The highest BCUT2D eigenvalue weighted by Gasteiger charge is 2.12. The number of benzene rings is 1. The Hall–Kier alpha value is -0.500. The fourth-order valence-electron chi connectivity index (χ4n) is 1.74. The van der Waals surface area contributed by atoms with E-state index >= 15 is 0 Å². The molecule has 1 N–H and O–H groups in total. The molecule has 1 unspecified atom stereocenters. The summed E-state index contributed by atoms with van der Waals surface area (Å²) in [6.45, 7) is 3.68. The predicted octanol–water partition coefficient (Wildman–Crippen LogP) is 5.16. The molecule has 1 nitrogen and oxygen atoms in total. The SMILES string of the molecule is C=CCCCCCC(O)c1cccc(Cl)c1Cl. The molecule has 0 amide bonds. The molecule has 1 aromatic rings. The second kappa shape index (κ2) is 7.75. The summed E-state index contributed by atoms with van der Waals surface area (Å²) in [5, 5.41) is 11.0. The molecule has 3 heteroatoms. The lowest BCUT2D eigenvalue weighted by Gasteiger charge is -2.13. The number of halogens is 2. The number of hydrogen-bond acceptors (Lipinski definition) is 1. The molecule has 0 spiro atoms. The summed E-state index contributed by atoms with van der Waals surface area (Å²) in [4.78, 5) is 0. The lowest BCUT2D eigenvalue weighted by Crippen LogP contribution is -1.98. The predicted molar refractivity (Wildman–Crippen MR) is 74.7 cm³/mol. The van der Waals surface area contributed by atoms with Gasteiger partial charge in [0.25, 0.3) is 0 Å². The van der Waals surface area contributed by atoms with Gasteiger partial charge in [-0.15, -0.1) is 6.58 Å². The van der Waals surface area contributed by atoms with Crippen LogP contribution in [0.5, 0.6) is 0 Å². The van der Waals surface area contributed by atoms with Crippen molar-refractivity contribution in [3.05, 3.63) is 46.5 Å². The zero-order valence-corrected chi connectivity index (χ0v) is 11.3. The fraction of sp³-hybridized carbons (Fsp3) is 0.429. The van der Waals surface area contributed by atoms with Crippen molar-refractivity contribution in [1.82, 2.24) is 0 Å². The normalized spacial score (nSPS) is 12.4. The number of rotatable bonds is 7. The third-order valence-electron chi connectivity index (χ3n) is 2.73. The second-order valence-electron chi connectivity index (χ2n) is 4.09. The molecule has 0 radical (unpaired) electrons. The fourth-order valence-corrected chi connectivity index (χ4v) is 2.17. The molecule has 0 aliphatic carbocycles. The first kappa shape index (κ1) is 14.6. The molecule has 1 atom stereocenters. The van der Waals surface area contributed by atoms with E-state index in [0.717, 1.165) is 37.7 Å². The maximum Gasteiger partial charge on any atom is 0.0805 e. The number of aliphatic hydroxyl groups is 1. The van der Waals surface area contributed by atoms with E-state index in [2.05, 4.69) is 6.58 Å². The topological polar surface area (TPSA) is 20.2 Å². The van der Waals surface area contributed by atoms with Gasteiger partial charge in [0.1, 0.15) is 0 Å². The van der Waals surface area contributed by atoms with Crippen molar-refractivity contribution in [2.24, 2.45) is 0 Å². The minimum Gasteiger partial charge on any atom is -0.388 e. The van der Waals surface area contributed by atoms with E-state index in [4.69, 9.17) is 23.2 Å². The van der Waals surface area contributed by atoms with E-state index in [9.17, 15) is 5.11 Å². The van der Waals surface area contributed by atoms with Crippen LogP contribution in [0.15, 0.2) is 30.9 Å². The smallest absolute Gasteiger partial charge is 0.0805 e. The Morgan fingerprint density at radius 3 is 2.71 bits per heavy atom. The summed E-state index contributed by atoms with van der Waals surface area (Å²) in [6.07, 6.45) is 6.36. The highest BCUT2D eigenvalue weighted by Crippen LogP contribution is 2.32. The quantitative estimate of drug-likeness (QED) is 0.537. The van der Waals surface area contributed by atoms with Gasteiger partial charge in [-0.05, 0) is 25.3 Å². The lowest BCUT2D eigenvalue weighted by atomic mass is 10.0. The Balaban J connectivity index is 2.44. The van der Waals surface area contributed by atoms with Gasteiger partial charge in [-0.3, -0.25) is 0 Å². The van der Waals surface area contributed by atoms with Gasteiger partial charge in [-0.2, -0.15) is 0 Å². The largest absolute Gasteiger partial charge is 0.388 e. The van der Waals surface area contributed by atoms with Crippen LogP contribution in [0.1, 0.15) is 43.8 Å². The molecule has 1 aromatic carbocycles. The number of aliphatic hydroxyl groups excluding tert-OH is 1. The number of hydrogen-bond donors (Lipinski definition) is 1. The molecule has 0 saturated heterocycles. The Bertz CT molecular complexity index is 363. The molecule has 0 aliphatic rings. The Labute approximate surface area is 113 Å². The Kier molecular flexibility index (Phi) is 6.64. The van der Waals surface area contributed by atoms with Gasteiger partial charge in [0.15, 0.2) is 0 Å². The number of unbranched alkanes of at least 4 members (excludes halogenated alkanes) is 3. The third-order valence-corrected chi connectivity index (χ3v) is 3.56. The van der Waals surface area contributed by atoms with Gasteiger partial charge in [0, 0.05) is 5.56 Å². The number of allylic oxidation sites excluding steroid dienone is 1. The van der Waals surface area contributed by atoms with Gasteiger partial charge in [0.2, 0.25) is 0 Å². The summed E-state index contributed by atoms with van der Waals surface area (Å²) < 4.78 is 0. The standard InChI is InChI=1S/C14H18Cl2O/c1-2-3-4-5-6-10-13(17)11-8-7-9-12(15)14(11)16/h2,7-9,13,17H,1,3-6,10H2. The van der Waals surface area contributed by atoms with Crippen LogP contribution in [-0.2, 0) is 0 Å². The molecule has 0 saturated carbocycles. The van der Waals surface area contributed by atoms with E-state index in [1.807, 2.05) is 18.2 Å². The van der Waals surface area contributed by atoms with Crippen LogP contribution in [0.2, 0.25) is 10.0 Å². The summed E-state index contributed by atoms with van der Waals surface area (Å²) in [6, 6.07) is 5.36. The molecule has 0 aliphatic heterocycles. The third kappa shape index (κ3) is 4.71.